The van der Waals surface area contributed by atoms with Gasteiger partial charge in [0.15, 0.2) is 0 Å². The molecule has 0 saturated carbocycles. The molecule has 8 heteroatoms. The molecule has 1 aromatic carbocycles. The van der Waals surface area contributed by atoms with Gasteiger partial charge in [-0.1, -0.05) is 12.2 Å². The quantitative estimate of drug-likeness (QED) is 0.806. The van der Waals surface area contributed by atoms with Gasteiger partial charge in [0, 0.05) is 12.6 Å². The zero-order chi connectivity index (χ0) is 17.0. The Morgan fingerprint density at radius 2 is 2.00 bits per heavy atom. The minimum absolute atomic E-state index is 0.158. The Morgan fingerprint density at radius 3 is 2.65 bits per heavy atom. The minimum Gasteiger partial charge on any atom is -0.442 e. The van der Waals surface area contributed by atoms with Crippen molar-refractivity contribution >= 4 is 40.6 Å². The molecule has 2 N–H and O–H groups in total. The maximum absolute atomic E-state index is 12.0. The smallest absolute Gasteiger partial charge is 0.414 e. The fourth-order valence-corrected chi connectivity index (χ4v) is 2.21. The summed E-state index contributed by atoms with van der Waals surface area (Å²) in [5, 5.41) is 5.41. The first-order valence-electron chi connectivity index (χ1n) is 7.01. The molecular weight excluding hydrogens is 318 g/mol. The van der Waals surface area contributed by atoms with Crippen molar-refractivity contribution in [3.8, 4) is 0 Å². The van der Waals surface area contributed by atoms with Crippen molar-refractivity contribution < 1.29 is 14.3 Å². The molecule has 1 aliphatic heterocycles. The number of nitrogens with zero attached hydrogens (tertiary/aromatic N) is 1. The normalized spacial score (nSPS) is 16.7. The maximum atomic E-state index is 12.0. The van der Waals surface area contributed by atoms with Crippen molar-refractivity contribution in [1.29, 1.82) is 0 Å². The molecule has 1 aliphatic rings. The second kappa shape index (κ2) is 7.19. The average molecular weight is 335 g/mol. The number of carbonyl (C=O) groups is 2. The van der Waals surface area contributed by atoms with Gasteiger partial charge in [0.25, 0.3) is 0 Å². The number of hydrogen-bond acceptors (Lipinski definition) is 5. The molecule has 122 valence electrons. The summed E-state index contributed by atoms with van der Waals surface area (Å²) in [6, 6.07) is 5.89. The van der Waals surface area contributed by atoms with Crippen LogP contribution in [-0.4, -0.2) is 36.2 Å². The van der Waals surface area contributed by atoms with Crippen molar-refractivity contribution in [2.45, 2.75) is 20.0 Å². The number of ether oxygens (including phenoxy) is 1. The summed E-state index contributed by atoms with van der Waals surface area (Å²) in [4.78, 5) is 37.0. The van der Waals surface area contributed by atoms with Crippen LogP contribution in [0.1, 0.15) is 13.8 Å². The van der Waals surface area contributed by atoms with E-state index in [-0.39, 0.29) is 23.1 Å². The summed E-state index contributed by atoms with van der Waals surface area (Å²) in [5.74, 6) is -0.336. The number of anilines is 2. The predicted molar refractivity (Wildman–Crippen MR) is 90.9 cm³/mol. The van der Waals surface area contributed by atoms with Crippen molar-refractivity contribution in [3.63, 3.8) is 0 Å². The fraction of sp³-hybridized carbons (Fsp3) is 0.333. The highest BCUT2D eigenvalue weighted by atomic mass is 32.1. The Hall–Kier alpha value is -2.48. The first-order chi connectivity index (χ1) is 10.9. The molecule has 23 heavy (non-hydrogen) atoms. The topological polar surface area (TPSA) is 87.7 Å². The summed E-state index contributed by atoms with van der Waals surface area (Å²) in [5.41, 5.74) is 0.338. The number of cyclic esters (lactones) is 1. The number of thiocarbonyl (C=S) groups is 1. The van der Waals surface area contributed by atoms with Crippen LogP contribution in [0.25, 0.3) is 0 Å². The van der Waals surface area contributed by atoms with Crippen LogP contribution in [0.3, 0.4) is 0 Å². The number of hydrogen-bond donors (Lipinski definition) is 2. The lowest BCUT2D eigenvalue weighted by atomic mass is 10.3. The Kier molecular flexibility index (Phi) is 5.28. The molecule has 7 nitrogen and oxygen atoms in total. The molecule has 1 heterocycles. The molecule has 1 aromatic rings. The van der Waals surface area contributed by atoms with Gasteiger partial charge in [0.2, 0.25) is 11.3 Å². The predicted octanol–water partition coefficient (Wildman–Crippen LogP) is 1.27. The zero-order valence-electron chi connectivity index (χ0n) is 12.8. The van der Waals surface area contributed by atoms with E-state index in [0.717, 1.165) is 0 Å². The molecular formula is C15H17N3O4S. The highest BCUT2D eigenvalue weighted by Crippen LogP contribution is 2.20. The van der Waals surface area contributed by atoms with Crippen LogP contribution < -0.4 is 21.0 Å². The van der Waals surface area contributed by atoms with Crippen LogP contribution in [0.4, 0.5) is 16.2 Å². The molecule has 0 radical (unpaired) electrons. The van der Waals surface area contributed by atoms with E-state index in [1.54, 1.807) is 13.0 Å². The molecule has 0 unspecified atom stereocenters. The van der Waals surface area contributed by atoms with E-state index >= 15 is 0 Å². The summed E-state index contributed by atoms with van der Waals surface area (Å²) < 4.78 is 5.25. The highest BCUT2D eigenvalue weighted by molar-refractivity contribution is 7.80. The standard InChI is InChI=1S/C15H17N3O4S/c1-9(19)17-13-5-3-11(4-6-14(13)20)18-8-12(22-15(18)21)7-16-10(2)23/h3-6,12H,7-8H2,1-2H3,(H,16,23)(H,17,19,20)/t12-/m0/s1. The van der Waals surface area contributed by atoms with Gasteiger partial charge in [-0.25, -0.2) is 4.79 Å². The van der Waals surface area contributed by atoms with Crippen molar-refractivity contribution in [2.75, 3.05) is 23.3 Å². The molecule has 2 amide bonds. The molecule has 0 aliphatic carbocycles. The van der Waals surface area contributed by atoms with Gasteiger partial charge in [-0.05, 0) is 31.2 Å². The third kappa shape index (κ3) is 4.49. The maximum Gasteiger partial charge on any atom is 0.414 e. The second-order valence-corrected chi connectivity index (χ2v) is 5.72. The molecule has 1 saturated heterocycles. The lowest BCUT2D eigenvalue weighted by molar-refractivity contribution is -0.114. The Balaban J connectivity index is 2.17. The molecule has 0 bridgehead atoms. The first-order valence-corrected chi connectivity index (χ1v) is 7.42. The molecule has 0 aromatic heterocycles. The molecule has 2 rings (SSSR count). The number of carbonyl (C=O) groups excluding carboxylic acids is 2. The summed E-state index contributed by atoms with van der Waals surface area (Å²) in [6.45, 7) is 3.85. The third-order valence-corrected chi connectivity index (χ3v) is 3.31. The minimum atomic E-state index is -0.487. The van der Waals surface area contributed by atoms with E-state index in [4.69, 9.17) is 17.0 Å². The summed E-state index contributed by atoms with van der Waals surface area (Å²) >= 11 is 4.92. The summed E-state index contributed by atoms with van der Waals surface area (Å²) in [6.07, 6.45) is -0.814. The van der Waals surface area contributed by atoms with Crippen molar-refractivity contribution in [2.24, 2.45) is 0 Å². The van der Waals surface area contributed by atoms with E-state index in [9.17, 15) is 14.4 Å². The van der Waals surface area contributed by atoms with E-state index in [1.807, 2.05) is 0 Å². The van der Waals surface area contributed by atoms with Gasteiger partial charge in [-0.3, -0.25) is 14.5 Å². The number of nitrogens with one attached hydrogen (secondary N) is 2. The van der Waals surface area contributed by atoms with Gasteiger partial charge in [0.1, 0.15) is 6.10 Å². The number of rotatable bonds is 4. The van der Waals surface area contributed by atoms with Gasteiger partial charge >= 0.3 is 6.09 Å². The van der Waals surface area contributed by atoms with Gasteiger partial charge in [-0.2, -0.15) is 0 Å². The molecule has 1 fully saturated rings. The average Bonchev–Trinajstić information content (AvgIpc) is 2.74. The van der Waals surface area contributed by atoms with Gasteiger partial charge in [0.05, 0.1) is 23.8 Å². The van der Waals surface area contributed by atoms with Gasteiger partial charge in [-0.15, -0.1) is 0 Å². The van der Waals surface area contributed by atoms with Crippen molar-refractivity contribution in [3.05, 3.63) is 34.5 Å². The fourth-order valence-electron chi connectivity index (χ4n) is 2.13. The third-order valence-electron chi connectivity index (χ3n) is 3.17. The van der Waals surface area contributed by atoms with Crippen molar-refractivity contribution in [1.82, 2.24) is 5.32 Å². The van der Waals surface area contributed by atoms with E-state index < -0.39 is 6.09 Å². The zero-order valence-corrected chi connectivity index (χ0v) is 13.6. The lowest BCUT2D eigenvalue weighted by Gasteiger charge is -2.11. The Morgan fingerprint density at radius 1 is 1.30 bits per heavy atom. The summed E-state index contributed by atoms with van der Waals surface area (Å²) in [7, 11) is 0. The van der Waals surface area contributed by atoms with Crippen LogP contribution in [0.2, 0.25) is 0 Å². The van der Waals surface area contributed by atoms with Crippen LogP contribution in [0.5, 0.6) is 0 Å². The number of amides is 2. The monoisotopic (exact) mass is 335 g/mol. The Bertz CT molecular complexity index is 707. The lowest BCUT2D eigenvalue weighted by Crippen LogP contribution is -2.32. The highest BCUT2D eigenvalue weighted by Gasteiger charge is 2.32. The van der Waals surface area contributed by atoms with Crippen LogP contribution >= 0.6 is 12.2 Å². The second-order valence-electron chi connectivity index (χ2n) is 5.10. The first kappa shape index (κ1) is 16.9. The van der Waals surface area contributed by atoms with E-state index in [2.05, 4.69) is 10.6 Å². The van der Waals surface area contributed by atoms with Crippen LogP contribution in [0, 0.1) is 0 Å². The largest absolute Gasteiger partial charge is 0.442 e. The Labute approximate surface area is 138 Å². The van der Waals surface area contributed by atoms with E-state index in [0.29, 0.717) is 23.8 Å². The van der Waals surface area contributed by atoms with Crippen LogP contribution in [-0.2, 0) is 9.53 Å². The molecule has 1 atom stereocenters. The molecule has 0 spiro atoms. The SMILES string of the molecule is CC(=O)Nc1ccc(N2C[C@H](CNC(C)=S)OC2=O)ccc1=O. The van der Waals surface area contributed by atoms with Crippen LogP contribution in [0.15, 0.2) is 29.1 Å². The van der Waals surface area contributed by atoms with E-state index in [1.165, 1.54) is 30.0 Å². The van der Waals surface area contributed by atoms with Gasteiger partial charge < -0.3 is 15.4 Å².